The molecule has 7 heteroatoms. The van der Waals surface area contributed by atoms with Gasteiger partial charge in [0, 0.05) is 7.11 Å². The quantitative estimate of drug-likeness (QED) is 0.591. The van der Waals surface area contributed by atoms with E-state index in [1.165, 1.54) is 7.11 Å². The van der Waals surface area contributed by atoms with E-state index >= 15 is 0 Å². The van der Waals surface area contributed by atoms with E-state index in [1.54, 1.807) is 0 Å². The fourth-order valence-electron chi connectivity index (χ4n) is 4.22. The van der Waals surface area contributed by atoms with Crippen LogP contribution in [0, 0.1) is 0 Å². The molecule has 2 aromatic rings. The smallest absolute Gasteiger partial charge is 0.261 e. The van der Waals surface area contributed by atoms with Gasteiger partial charge in [-0.1, -0.05) is 81.4 Å². The summed E-state index contributed by atoms with van der Waals surface area (Å²) in [5, 5.41) is 32.8. The van der Waals surface area contributed by atoms with E-state index in [9.17, 15) is 15.3 Å². The first-order valence-corrected chi connectivity index (χ1v) is 12.1. The monoisotopic (exact) mass is 432 g/mol. The number of aliphatic hydroxyl groups excluding tert-OH is 3. The average Bonchev–Trinajstić information content (AvgIpc) is 2.74. The number of methoxy groups -OCH3 is 1. The van der Waals surface area contributed by atoms with Crippen molar-refractivity contribution in [2.24, 2.45) is 0 Å². The SMILES string of the molecule is CO[C@H]1OC(CO[Si](c2ccccc2)(c2ccccc2)C(C)(C)C)[C@H](O)[C@H](O)[C@H]1O. The van der Waals surface area contributed by atoms with E-state index in [1.807, 2.05) is 36.4 Å². The third-order valence-electron chi connectivity index (χ3n) is 5.78. The Labute approximate surface area is 179 Å². The van der Waals surface area contributed by atoms with Crippen molar-refractivity contribution < 1.29 is 29.2 Å². The highest BCUT2D eigenvalue weighted by atomic mass is 28.4. The lowest BCUT2D eigenvalue weighted by molar-refractivity contribution is -0.293. The maximum atomic E-state index is 10.5. The maximum Gasteiger partial charge on any atom is 0.261 e. The molecule has 0 spiro atoms. The van der Waals surface area contributed by atoms with Crippen LogP contribution in [0.1, 0.15) is 20.8 Å². The average molecular weight is 433 g/mol. The first-order valence-electron chi connectivity index (χ1n) is 10.2. The molecule has 0 saturated carbocycles. The summed E-state index contributed by atoms with van der Waals surface area (Å²) in [4.78, 5) is 0. The van der Waals surface area contributed by atoms with E-state index in [-0.39, 0.29) is 11.6 Å². The molecule has 0 aliphatic carbocycles. The number of hydrogen-bond donors (Lipinski definition) is 3. The summed E-state index contributed by atoms with van der Waals surface area (Å²) in [5.41, 5.74) is 0. The van der Waals surface area contributed by atoms with Crippen LogP contribution in [-0.4, -0.2) is 68.1 Å². The van der Waals surface area contributed by atoms with E-state index in [0.717, 1.165) is 10.4 Å². The third kappa shape index (κ3) is 4.24. The Hall–Kier alpha value is -1.58. The van der Waals surface area contributed by atoms with Gasteiger partial charge in [-0.25, -0.2) is 0 Å². The van der Waals surface area contributed by atoms with Gasteiger partial charge in [0.2, 0.25) is 0 Å². The number of hydrogen-bond acceptors (Lipinski definition) is 6. The lowest BCUT2D eigenvalue weighted by Crippen LogP contribution is -2.68. The predicted molar refractivity (Wildman–Crippen MR) is 117 cm³/mol. The van der Waals surface area contributed by atoms with Crippen molar-refractivity contribution in [1.82, 2.24) is 0 Å². The number of ether oxygens (including phenoxy) is 2. The standard InChI is InChI=1S/C23H32O6Si/c1-23(2,3)30(16-11-7-5-8-12-16,17-13-9-6-10-14-17)28-15-18-19(24)20(25)21(26)22(27-4)29-18/h5-14,18-22,24-26H,15H2,1-4H3/t18?,19-,20-,21+,22-/m0/s1. The summed E-state index contributed by atoms with van der Waals surface area (Å²) < 4.78 is 17.6. The lowest BCUT2D eigenvalue weighted by atomic mass is 9.99. The molecule has 1 heterocycles. The van der Waals surface area contributed by atoms with E-state index in [4.69, 9.17) is 13.9 Å². The van der Waals surface area contributed by atoms with Crippen LogP contribution in [0.3, 0.4) is 0 Å². The molecule has 0 radical (unpaired) electrons. The second-order valence-electron chi connectivity index (χ2n) is 8.72. The van der Waals surface area contributed by atoms with Gasteiger partial charge in [-0.15, -0.1) is 0 Å². The van der Waals surface area contributed by atoms with Crippen molar-refractivity contribution in [3.05, 3.63) is 60.7 Å². The Kier molecular flexibility index (Phi) is 7.14. The van der Waals surface area contributed by atoms with Gasteiger partial charge >= 0.3 is 0 Å². The molecule has 1 saturated heterocycles. The lowest BCUT2D eigenvalue weighted by Gasteiger charge is -2.45. The van der Waals surface area contributed by atoms with Crippen LogP contribution in [0.2, 0.25) is 5.04 Å². The highest BCUT2D eigenvalue weighted by molar-refractivity contribution is 6.99. The van der Waals surface area contributed by atoms with Crippen molar-refractivity contribution in [1.29, 1.82) is 0 Å². The highest BCUT2D eigenvalue weighted by Crippen LogP contribution is 2.37. The largest absolute Gasteiger partial charge is 0.405 e. The summed E-state index contributed by atoms with van der Waals surface area (Å²) in [5.74, 6) is 0. The van der Waals surface area contributed by atoms with Crippen LogP contribution in [0.25, 0.3) is 0 Å². The van der Waals surface area contributed by atoms with Gasteiger partial charge in [0.25, 0.3) is 8.32 Å². The van der Waals surface area contributed by atoms with Crippen LogP contribution in [-0.2, 0) is 13.9 Å². The van der Waals surface area contributed by atoms with Crippen LogP contribution in [0.4, 0.5) is 0 Å². The molecule has 0 bridgehead atoms. The molecule has 5 atom stereocenters. The third-order valence-corrected chi connectivity index (χ3v) is 10.8. The minimum Gasteiger partial charge on any atom is -0.405 e. The second-order valence-corrected chi connectivity index (χ2v) is 13.0. The summed E-state index contributed by atoms with van der Waals surface area (Å²) in [6.07, 6.45) is -5.86. The van der Waals surface area contributed by atoms with Gasteiger partial charge in [-0.3, -0.25) is 0 Å². The fourth-order valence-corrected chi connectivity index (χ4v) is 8.79. The van der Waals surface area contributed by atoms with Crippen LogP contribution in [0.5, 0.6) is 0 Å². The molecule has 0 amide bonds. The Bertz CT molecular complexity index is 753. The Morgan fingerprint density at radius 3 is 1.77 bits per heavy atom. The van der Waals surface area contributed by atoms with Crippen molar-refractivity contribution in [2.45, 2.75) is 56.5 Å². The van der Waals surface area contributed by atoms with E-state index in [0.29, 0.717) is 0 Å². The molecule has 1 unspecified atom stereocenters. The van der Waals surface area contributed by atoms with Gasteiger partial charge in [-0.2, -0.15) is 0 Å². The van der Waals surface area contributed by atoms with Gasteiger partial charge in [0.1, 0.15) is 24.4 Å². The molecule has 164 valence electrons. The second kappa shape index (κ2) is 9.28. The fraction of sp³-hybridized carbons (Fsp3) is 0.478. The van der Waals surface area contributed by atoms with Crippen LogP contribution in [0.15, 0.2) is 60.7 Å². The Morgan fingerprint density at radius 1 is 0.833 bits per heavy atom. The molecule has 3 N–H and O–H groups in total. The topological polar surface area (TPSA) is 88.4 Å². The zero-order valence-electron chi connectivity index (χ0n) is 17.9. The van der Waals surface area contributed by atoms with Crippen LogP contribution < -0.4 is 10.4 Å². The zero-order chi connectivity index (χ0) is 21.9. The minimum atomic E-state index is -2.81. The Morgan fingerprint density at radius 2 is 1.33 bits per heavy atom. The molecular formula is C23H32O6Si. The molecule has 2 aromatic carbocycles. The predicted octanol–water partition coefficient (Wildman–Crippen LogP) is 1.02. The molecule has 6 nitrogen and oxygen atoms in total. The Balaban J connectivity index is 2.00. The molecule has 30 heavy (non-hydrogen) atoms. The minimum absolute atomic E-state index is 0.0537. The molecular weight excluding hydrogens is 400 g/mol. The van der Waals surface area contributed by atoms with Crippen molar-refractivity contribution in [3.8, 4) is 0 Å². The van der Waals surface area contributed by atoms with Crippen molar-refractivity contribution in [2.75, 3.05) is 13.7 Å². The zero-order valence-corrected chi connectivity index (χ0v) is 18.9. The molecule has 1 aliphatic rings. The highest BCUT2D eigenvalue weighted by Gasteiger charge is 2.52. The van der Waals surface area contributed by atoms with Crippen LogP contribution >= 0.6 is 0 Å². The van der Waals surface area contributed by atoms with Crippen molar-refractivity contribution in [3.63, 3.8) is 0 Å². The maximum absolute atomic E-state index is 10.5. The normalized spacial score (nSPS) is 27.8. The van der Waals surface area contributed by atoms with Gasteiger partial charge in [0.05, 0.1) is 6.61 Å². The first-order chi connectivity index (χ1) is 14.2. The number of benzene rings is 2. The first kappa shape index (κ1) is 23.1. The summed E-state index contributed by atoms with van der Waals surface area (Å²) in [6.45, 7) is 6.54. The molecule has 0 aromatic heterocycles. The summed E-state index contributed by atoms with van der Waals surface area (Å²) >= 11 is 0. The van der Waals surface area contributed by atoms with E-state index in [2.05, 4.69) is 45.0 Å². The van der Waals surface area contributed by atoms with Gasteiger partial charge in [0.15, 0.2) is 6.29 Å². The molecule has 1 fully saturated rings. The van der Waals surface area contributed by atoms with Crippen molar-refractivity contribution >= 4 is 18.7 Å². The molecule has 1 aliphatic heterocycles. The van der Waals surface area contributed by atoms with Gasteiger partial charge < -0.3 is 29.2 Å². The van der Waals surface area contributed by atoms with E-state index < -0.39 is 39.0 Å². The summed E-state index contributed by atoms with van der Waals surface area (Å²) in [6, 6.07) is 20.3. The number of rotatable bonds is 6. The van der Waals surface area contributed by atoms with Gasteiger partial charge in [-0.05, 0) is 15.4 Å². The molecule has 3 rings (SSSR count). The number of aliphatic hydroxyl groups is 3. The summed E-state index contributed by atoms with van der Waals surface area (Å²) in [7, 11) is -1.42.